The van der Waals surface area contributed by atoms with E-state index in [-0.39, 0.29) is 11.9 Å². The first-order valence-corrected chi connectivity index (χ1v) is 6.07. The zero-order chi connectivity index (χ0) is 12.5. The fourth-order valence-corrected chi connectivity index (χ4v) is 1.54. The molecule has 1 rings (SSSR count). The lowest BCUT2D eigenvalue weighted by molar-refractivity contribution is -0.400. The number of ether oxygens (including phenoxy) is 3. The molecule has 0 bridgehead atoms. The molecule has 0 aromatic carbocycles. The molecular formula is C11H23N2O4+. The van der Waals surface area contributed by atoms with Gasteiger partial charge in [-0.1, -0.05) is 0 Å². The molecule has 1 atom stereocenters. The average molecular weight is 247 g/mol. The number of amides is 1. The monoisotopic (exact) mass is 247 g/mol. The number of quaternary nitrogens is 1. The van der Waals surface area contributed by atoms with E-state index in [9.17, 15) is 4.79 Å². The first-order chi connectivity index (χ1) is 8.22. The van der Waals surface area contributed by atoms with Crippen LogP contribution in [-0.2, 0) is 19.0 Å². The molecule has 1 heterocycles. The first-order valence-electron chi connectivity index (χ1n) is 6.07. The normalized spacial score (nSPS) is 22.4. The minimum Gasteiger partial charge on any atom is -0.377 e. The maximum Gasteiger partial charge on any atom is 0.280 e. The summed E-state index contributed by atoms with van der Waals surface area (Å²) in [6.07, 6.45) is 0. The Morgan fingerprint density at radius 1 is 1.00 bits per heavy atom. The molecule has 6 nitrogen and oxygen atoms in total. The fraction of sp³-hybridized carbons (Fsp3) is 0.909. The van der Waals surface area contributed by atoms with Crippen molar-refractivity contribution in [1.29, 1.82) is 0 Å². The largest absolute Gasteiger partial charge is 0.377 e. The minimum absolute atomic E-state index is 0.0468. The van der Waals surface area contributed by atoms with Crippen LogP contribution in [0.2, 0.25) is 0 Å². The second-order valence-electron chi connectivity index (χ2n) is 4.06. The van der Waals surface area contributed by atoms with Crippen LogP contribution in [0.1, 0.15) is 6.92 Å². The molecule has 0 saturated carbocycles. The second kappa shape index (κ2) is 8.41. The predicted octanol–water partition coefficient (Wildman–Crippen LogP) is -1.49. The summed E-state index contributed by atoms with van der Waals surface area (Å²) in [6.45, 7) is 6.29. The summed E-state index contributed by atoms with van der Waals surface area (Å²) >= 11 is 0. The van der Waals surface area contributed by atoms with Crippen molar-refractivity contribution in [2.45, 2.75) is 13.0 Å². The van der Waals surface area contributed by atoms with Crippen molar-refractivity contribution in [3.8, 4) is 0 Å². The van der Waals surface area contributed by atoms with Crippen LogP contribution in [0.15, 0.2) is 0 Å². The van der Waals surface area contributed by atoms with E-state index in [0.717, 1.165) is 0 Å². The van der Waals surface area contributed by atoms with Crippen molar-refractivity contribution < 1.29 is 24.7 Å². The number of hydrogen-bond acceptors (Lipinski definition) is 4. The smallest absolute Gasteiger partial charge is 0.280 e. The summed E-state index contributed by atoms with van der Waals surface area (Å²) in [5.41, 5.74) is 3.75. The van der Waals surface area contributed by atoms with Gasteiger partial charge >= 0.3 is 0 Å². The highest BCUT2D eigenvalue weighted by atomic mass is 16.5. The highest BCUT2D eigenvalue weighted by Crippen LogP contribution is 1.95. The molecule has 1 saturated heterocycles. The van der Waals surface area contributed by atoms with Gasteiger partial charge in [-0.25, -0.2) is 0 Å². The van der Waals surface area contributed by atoms with Crippen LogP contribution in [0.4, 0.5) is 0 Å². The Labute approximate surface area is 102 Å². The number of carbonyl (C=O) groups excluding carboxylic acids is 1. The minimum atomic E-state index is -0.230. The highest BCUT2D eigenvalue weighted by Gasteiger charge is 2.19. The van der Waals surface area contributed by atoms with E-state index in [1.807, 2.05) is 0 Å². The van der Waals surface area contributed by atoms with Gasteiger partial charge in [-0.2, -0.15) is 0 Å². The second-order valence-corrected chi connectivity index (χ2v) is 4.06. The molecule has 100 valence electrons. The van der Waals surface area contributed by atoms with Crippen molar-refractivity contribution in [3.63, 3.8) is 0 Å². The molecule has 0 spiro atoms. The lowest BCUT2D eigenvalue weighted by Gasteiger charge is -2.23. The number of carbonyl (C=O) groups is 1. The van der Waals surface area contributed by atoms with Crippen molar-refractivity contribution in [3.05, 3.63) is 0 Å². The van der Waals surface area contributed by atoms with Crippen LogP contribution in [-0.4, -0.2) is 69.6 Å². The third kappa shape index (κ3) is 5.97. The molecule has 17 heavy (non-hydrogen) atoms. The molecule has 0 unspecified atom stereocenters. The summed E-state index contributed by atoms with van der Waals surface area (Å²) in [7, 11) is 0. The van der Waals surface area contributed by atoms with Gasteiger partial charge in [-0.05, 0) is 6.92 Å². The van der Waals surface area contributed by atoms with E-state index in [4.69, 9.17) is 14.2 Å². The molecule has 0 aromatic rings. The summed E-state index contributed by atoms with van der Waals surface area (Å²) in [5.74, 6) is 0.0468. The molecule has 1 aliphatic heterocycles. The van der Waals surface area contributed by atoms with E-state index < -0.39 is 0 Å². The van der Waals surface area contributed by atoms with Gasteiger partial charge in [-0.15, -0.1) is 0 Å². The Balaban J connectivity index is 2.39. The Bertz CT molecular complexity index is 212. The molecule has 6 heteroatoms. The van der Waals surface area contributed by atoms with Crippen LogP contribution < -0.4 is 5.73 Å². The third-order valence-electron chi connectivity index (χ3n) is 2.49. The van der Waals surface area contributed by atoms with Crippen molar-refractivity contribution >= 4 is 5.91 Å². The maximum absolute atomic E-state index is 11.8. The van der Waals surface area contributed by atoms with Crippen molar-refractivity contribution in [2.75, 3.05) is 52.7 Å². The van der Waals surface area contributed by atoms with Gasteiger partial charge in [-0.3, -0.25) is 4.79 Å². The Kier molecular flexibility index (Phi) is 7.11. The molecular weight excluding hydrogens is 224 g/mol. The van der Waals surface area contributed by atoms with E-state index >= 15 is 0 Å². The van der Waals surface area contributed by atoms with Crippen LogP contribution >= 0.6 is 0 Å². The van der Waals surface area contributed by atoms with Gasteiger partial charge in [0.05, 0.1) is 39.6 Å². The van der Waals surface area contributed by atoms with Gasteiger partial charge in [0, 0.05) is 13.1 Å². The van der Waals surface area contributed by atoms with E-state index in [2.05, 4.69) is 5.73 Å². The molecule has 3 N–H and O–H groups in total. The highest BCUT2D eigenvalue weighted by molar-refractivity contribution is 5.79. The molecule has 1 fully saturated rings. The lowest BCUT2D eigenvalue weighted by atomic mass is 10.3. The third-order valence-corrected chi connectivity index (χ3v) is 2.49. The van der Waals surface area contributed by atoms with Gasteiger partial charge in [0.2, 0.25) is 0 Å². The Morgan fingerprint density at radius 3 is 1.82 bits per heavy atom. The Hall–Kier alpha value is -0.690. The zero-order valence-corrected chi connectivity index (χ0v) is 10.5. The standard InChI is InChI=1S/C11H22N2O4/c1-10(12)11(14)13-2-4-15-6-8-17-9-7-16-5-3-13/h10H,2-9,12H2,1H3/p+1/t10-/m1/s1. The topological polar surface area (TPSA) is 75.6 Å². The lowest BCUT2D eigenvalue weighted by Crippen LogP contribution is -2.66. The average Bonchev–Trinajstić information content (AvgIpc) is 2.29. The van der Waals surface area contributed by atoms with Crippen LogP contribution in [0.5, 0.6) is 0 Å². The summed E-state index contributed by atoms with van der Waals surface area (Å²) in [5, 5.41) is 0. The van der Waals surface area contributed by atoms with Gasteiger partial charge in [0.1, 0.15) is 0 Å². The number of hydrogen-bond donors (Lipinski definition) is 1. The van der Waals surface area contributed by atoms with Crippen LogP contribution in [0, 0.1) is 0 Å². The van der Waals surface area contributed by atoms with Gasteiger partial charge in [0.25, 0.3) is 5.91 Å². The quantitative estimate of drug-likeness (QED) is 0.612. The van der Waals surface area contributed by atoms with Crippen LogP contribution in [0.25, 0.3) is 0 Å². The molecule has 1 aliphatic rings. The zero-order valence-electron chi connectivity index (χ0n) is 10.5. The van der Waals surface area contributed by atoms with E-state index in [1.165, 1.54) is 0 Å². The first kappa shape index (κ1) is 14.4. The van der Waals surface area contributed by atoms with Gasteiger partial charge < -0.3 is 24.8 Å². The molecule has 1 amide bonds. The summed E-state index contributed by atoms with van der Waals surface area (Å²) < 4.78 is 16.1. The van der Waals surface area contributed by atoms with Gasteiger partial charge in [0.15, 0.2) is 6.04 Å². The van der Waals surface area contributed by atoms with Crippen molar-refractivity contribution in [1.82, 2.24) is 4.90 Å². The molecule has 0 radical (unpaired) electrons. The van der Waals surface area contributed by atoms with E-state index in [0.29, 0.717) is 52.7 Å². The van der Waals surface area contributed by atoms with E-state index in [1.54, 1.807) is 11.8 Å². The fourth-order valence-electron chi connectivity index (χ4n) is 1.54. The predicted molar refractivity (Wildman–Crippen MR) is 61.4 cm³/mol. The van der Waals surface area contributed by atoms with Crippen molar-refractivity contribution in [2.24, 2.45) is 0 Å². The number of rotatable bonds is 1. The Morgan fingerprint density at radius 2 is 1.41 bits per heavy atom. The SMILES string of the molecule is C[C@@H]([NH3+])C(=O)N1CCOCCOCCOCC1. The number of nitrogens with zero attached hydrogens (tertiary/aromatic N) is 1. The summed E-state index contributed by atoms with van der Waals surface area (Å²) in [6, 6.07) is -0.230. The molecule has 0 aromatic heterocycles. The summed E-state index contributed by atoms with van der Waals surface area (Å²) in [4.78, 5) is 13.6. The molecule has 0 aliphatic carbocycles. The maximum atomic E-state index is 11.8. The van der Waals surface area contributed by atoms with Crippen LogP contribution in [0.3, 0.4) is 0 Å².